The van der Waals surface area contributed by atoms with Crippen molar-refractivity contribution in [2.75, 3.05) is 25.6 Å². The number of carbonyl (C=O) groups excluding carboxylic acids is 2. The summed E-state index contributed by atoms with van der Waals surface area (Å²) in [4.78, 5) is 25.1. The van der Waals surface area contributed by atoms with Crippen molar-refractivity contribution in [2.24, 2.45) is 0 Å². The van der Waals surface area contributed by atoms with Gasteiger partial charge >= 0.3 is 11.9 Å². The molecule has 0 aliphatic rings. The molecule has 8 heteroatoms. The van der Waals surface area contributed by atoms with Crippen molar-refractivity contribution in [3.8, 4) is 16.2 Å². The molecule has 0 unspecified atom stereocenters. The fourth-order valence-electron chi connectivity index (χ4n) is 2.95. The SMILES string of the molecule is CCOC(=O)COc1c(C(=O)OC)sc(-c2cccc(NCc3ccc(C)cc3)c2)c1Br. The van der Waals surface area contributed by atoms with Gasteiger partial charge in [-0.3, -0.25) is 0 Å². The molecule has 1 aromatic heterocycles. The summed E-state index contributed by atoms with van der Waals surface area (Å²) >= 11 is 4.77. The molecule has 0 radical (unpaired) electrons. The third kappa shape index (κ3) is 5.89. The van der Waals surface area contributed by atoms with Gasteiger partial charge in [-0.1, -0.05) is 42.0 Å². The minimum Gasteiger partial charge on any atom is -0.479 e. The number of hydrogen-bond acceptors (Lipinski definition) is 7. The first-order chi connectivity index (χ1) is 15.4. The zero-order valence-electron chi connectivity index (χ0n) is 18.1. The number of anilines is 1. The summed E-state index contributed by atoms with van der Waals surface area (Å²) in [6.07, 6.45) is 0. The summed E-state index contributed by atoms with van der Waals surface area (Å²) in [6.45, 7) is 4.43. The first-order valence-electron chi connectivity index (χ1n) is 10.0. The highest BCUT2D eigenvalue weighted by Gasteiger charge is 2.25. The Bertz CT molecular complexity index is 1090. The van der Waals surface area contributed by atoms with Crippen molar-refractivity contribution in [1.29, 1.82) is 0 Å². The average Bonchev–Trinajstić information content (AvgIpc) is 3.13. The van der Waals surface area contributed by atoms with E-state index in [4.69, 9.17) is 14.2 Å². The Balaban J connectivity index is 1.84. The molecule has 32 heavy (non-hydrogen) atoms. The molecule has 0 aliphatic heterocycles. The Kier molecular flexibility index (Phi) is 8.30. The Morgan fingerprint density at radius 3 is 2.56 bits per heavy atom. The quantitative estimate of drug-likeness (QED) is 0.360. The van der Waals surface area contributed by atoms with E-state index >= 15 is 0 Å². The monoisotopic (exact) mass is 517 g/mol. The third-order valence-corrected chi connectivity index (χ3v) is 6.78. The standard InChI is InChI=1S/C24H24BrNO5S/c1-4-30-19(27)14-31-21-20(25)22(32-23(21)24(28)29-3)17-6-5-7-18(12-17)26-13-16-10-8-15(2)9-11-16/h5-12,26H,4,13-14H2,1-3H3. The van der Waals surface area contributed by atoms with Crippen molar-refractivity contribution in [3.63, 3.8) is 0 Å². The van der Waals surface area contributed by atoms with Gasteiger partial charge < -0.3 is 19.5 Å². The molecule has 2 aromatic carbocycles. The molecule has 1 heterocycles. The highest BCUT2D eigenvalue weighted by atomic mass is 79.9. The van der Waals surface area contributed by atoms with Gasteiger partial charge in [0.2, 0.25) is 0 Å². The summed E-state index contributed by atoms with van der Waals surface area (Å²) in [6, 6.07) is 16.2. The zero-order chi connectivity index (χ0) is 23.1. The molecular weight excluding hydrogens is 494 g/mol. The lowest BCUT2D eigenvalue weighted by molar-refractivity contribution is -0.145. The van der Waals surface area contributed by atoms with Crippen LogP contribution in [0.25, 0.3) is 10.4 Å². The number of methoxy groups -OCH3 is 1. The van der Waals surface area contributed by atoms with E-state index in [9.17, 15) is 9.59 Å². The van der Waals surface area contributed by atoms with E-state index in [1.54, 1.807) is 6.92 Å². The molecule has 0 amide bonds. The second kappa shape index (κ2) is 11.2. The molecule has 0 saturated carbocycles. The smallest absolute Gasteiger partial charge is 0.351 e. The van der Waals surface area contributed by atoms with Crippen LogP contribution in [0.5, 0.6) is 5.75 Å². The Hall–Kier alpha value is -2.84. The fourth-order valence-corrected chi connectivity index (χ4v) is 4.92. The minimum absolute atomic E-state index is 0.254. The van der Waals surface area contributed by atoms with Crippen molar-refractivity contribution in [1.82, 2.24) is 0 Å². The maximum Gasteiger partial charge on any atom is 0.351 e. The molecule has 1 N–H and O–H groups in total. The van der Waals surface area contributed by atoms with E-state index in [-0.39, 0.29) is 23.8 Å². The van der Waals surface area contributed by atoms with Crippen molar-refractivity contribution in [3.05, 3.63) is 69.0 Å². The Morgan fingerprint density at radius 1 is 1.12 bits per heavy atom. The van der Waals surface area contributed by atoms with Gasteiger partial charge in [-0.25, -0.2) is 9.59 Å². The predicted octanol–water partition coefficient (Wildman–Crippen LogP) is 5.83. The number of thiophene rings is 1. The van der Waals surface area contributed by atoms with Gasteiger partial charge in [0.05, 0.1) is 23.1 Å². The minimum atomic E-state index is -0.533. The highest BCUT2D eigenvalue weighted by Crippen LogP contribution is 2.46. The van der Waals surface area contributed by atoms with E-state index in [0.717, 1.165) is 16.1 Å². The van der Waals surface area contributed by atoms with Crippen LogP contribution in [-0.4, -0.2) is 32.3 Å². The van der Waals surface area contributed by atoms with E-state index in [1.807, 2.05) is 24.3 Å². The summed E-state index contributed by atoms with van der Waals surface area (Å²) in [7, 11) is 1.31. The lowest BCUT2D eigenvalue weighted by Crippen LogP contribution is -2.15. The molecule has 3 aromatic rings. The molecule has 6 nitrogen and oxygen atoms in total. The lowest BCUT2D eigenvalue weighted by atomic mass is 10.1. The topological polar surface area (TPSA) is 73.9 Å². The molecule has 0 spiro atoms. The van der Waals surface area contributed by atoms with E-state index < -0.39 is 11.9 Å². The molecule has 3 rings (SSSR count). The van der Waals surface area contributed by atoms with Crippen LogP contribution < -0.4 is 10.1 Å². The van der Waals surface area contributed by atoms with Crippen LogP contribution in [0.1, 0.15) is 27.7 Å². The van der Waals surface area contributed by atoms with E-state index in [2.05, 4.69) is 52.4 Å². The second-order valence-corrected chi connectivity index (χ2v) is 8.72. The largest absolute Gasteiger partial charge is 0.479 e. The van der Waals surface area contributed by atoms with Crippen LogP contribution in [0, 0.1) is 6.92 Å². The normalized spacial score (nSPS) is 10.5. The Labute approximate surface area is 199 Å². The van der Waals surface area contributed by atoms with Crippen LogP contribution in [-0.2, 0) is 20.8 Å². The van der Waals surface area contributed by atoms with E-state index in [1.165, 1.54) is 29.6 Å². The third-order valence-electron chi connectivity index (χ3n) is 4.56. The number of rotatable bonds is 9. The number of hydrogen-bond donors (Lipinski definition) is 1. The van der Waals surface area contributed by atoms with Crippen LogP contribution in [0.2, 0.25) is 0 Å². The summed E-state index contributed by atoms with van der Waals surface area (Å²) in [5, 5.41) is 3.42. The van der Waals surface area contributed by atoms with Crippen LogP contribution in [0.3, 0.4) is 0 Å². The molecule has 168 valence electrons. The molecule has 0 bridgehead atoms. The van der Waals surface area contributed by atoms with Crippen LogP contribution >= 0.6 is 27.3 Å². The van der Waals surface area contributed by atoms with Crippen molar-refractivity contribution < 1.29 is 23.8 Å². The van der Waals surface area contributed by atoms with Crippen LogP contribution in [0.4, 0.5) is 5.69 Å². The van der Waals surface area contributed by atoms with Gasteiger partial charge in [-0.15, -0.1) is 11.3 Å². The Morgan fingerprint density at radius 2 is 1.88 bits per heavy atom. The first-order valence-corrected chi connectivity index (χ1v) is 11.6. The number of carbonyl (C=O) groups is 2. The molecule has 0 fully saturated rings. The number of nitrogens with one attached hydrogen (secondary N) is 1. The highest BCUT2D eigenvalue weighted by molar-refractivity contribution is 9.10. The molecular formula is C24H24BrNO5S. The van der Waals surface area contributed by atoms with Gasteiger partial charge in [0.1, 0.15) is 0 Å². The average molecular weight is 518 g/mol. The molecule has 0 aliphatic carbocycles. The van der Waals surface area contributed by atoms with Gasteiger partial charge in [0.25, 0.3) is 0 Å². The number of esters is 2. The number of halogens is 1. The maximum atomic E-state index is 12.3. The maximum absolute atomic E-state index is 12.3. The number of aryl methyl sites for hydroxylation is 1. The fraction of sp³-hybridized carbons (Fsp3) is 0.250. The number of benzene rings is 2. The summed E-state index contributed by atoms with van der Waals surface area (Å²) in [5.41, 5.74) is 4.24. The second-order valence-electron chi connectivity index (χ2n) is 6.91. The van der Waals surface area contributed by atoms with Gasteiger partial charge in [-0.05, 0) is 53.0 Å². The van der Waals surface area contributed by atoms with Crippen LogP contribution in [0.15, 0.2) is 53.0 Å². The summed E-state index contributed by atoms with van der Waals surface area (Å²) < 4.78 is 16.0. The van der Waals surface area contributed by atoms with Gasteiger partial charge in [0, 0.05) is 12.2 Å². The van der Waals surface area contributed by atoms with Crippen molar-refractivity contribution in [2.45, 2.75) is 20.4 Å². The summed E-state index contributed by atoms with van der Waals surface area (Å²) in [5.74, 6) is -0.775. The van der Waals surface area contributed by atoms with E-state index in [0.29, 0.717) is 11.0 Å². The predicted molar refractivity (Wildman–Crippen MR) is 129 cm³/mol. The van der Waals surface area contributed by atoms with Crippen molar-refractivity contribution >= 4 is 44.9 Å². The molecule has 0 atom stereocenters. The van der Waals surface area contributed by atoms with Gasteiger partial charge in [0.15, 0.2) is 17.2 Å². The first kappa shape index (κ1) is 23.8. The molecule has 0 saturated heterocycles. The lowest BCUT2D eigenvalue weighted by Gasteiger charge is -2.09. The number of ether oxygens (including phenoxy) is 3. The van der Waals surface area contributed by atoms with Gasteiger partial charge in [-0.2, -0.15) is 0 Å². The zero-order valence-corrected chi connectivity index (χ0v) is 20.5.